The van der Waals surface area contributed by atoms with Crippen LogP contribution >= 0.6 is 0 Å². The maximum atomic E-state index is 11.7. The van der Waals surface area contributed by atoms with E-state index in [1.165, 1.54) is 6.42 Å². The molecule has 1 aliphatic carbocycles. The van der Waals surface area contributed by atoms with Crippen LogP contribution in [0.3, 0.4) is 0 Å². The topological polar surface area (TPSA) is 41.1 Å². The summed E-state index contributed by atoms with van der Waals surface area (Å²) in [6.45, 7) is 7.12. The lowest BCUT2D eigenvalue weighted by atomic mass is 9.97. The highest BCUT2D eigenvalue weighted by atomic mass is 16.1. The van der Waals surface area contributed by atoms with Crippen molar-refractivity contribution in [2.24, 2.45) is 23.7 Å². The van der Waals surface area contributed by atoms with Gasteiger partial charge in [0.1, 0.15) is 0 Å². The van der Waals surface area contributed by atoms with Crippen LogP contribution in [0.4, 0.5) is 0 Å². The molecule has 80 valence electrons. The van der Waals surface area contributed by atoms with E-state index in [2.05, 4.69) is 24.5 Å². The highest BCUT2D eigenvalue weighted by Crippen LogP contribution is 2.36. The molecule has 3 heteroatoms. The summed E-state index contributed by atoms with van der Waals surface area (Å²) in [7, 11) is 0. The van der Waals surface area contributed by atoms with Crippen molar-refractivity contribution in [3.8, 4) is 0 Å². The first-order valence-electron chi connectivity index (χ1n) is 5.67. The predicted molar refractivity (Wildman–Crippen MR) is 55.8 cm³/mol. The van der Waals surface area contributed by atoms with Crippen molar-refractivity contribution in [2.75, 3.05) is 19.6 Å². The van der Waals surface area contributed by atoms with Gasteiger partial charge in [0.2, 0.25) is 5.91 Å². The molecule has 0 aromatic carbocycles. The standard InChI is InChI=1S/C11H20N2O/c1-7-3-9(7)5-13-11(14)10-6-12-4-8(10)2/h7-10,12H,3-6H2,1-2H3,(H,13,14). The van der Waals surface area contributed by atoms with Crippen LogP contribution in [0.25, 0.3) is 0 Å². The molecule has 0 spiro atoms. The molecule has 4 atom stereocenters. The van der Waals surface area contributed by atoms with Gasteiger partial charge < -0.3 is 10.6 Å². The summed E-state index contributed by atoms with van der Waals surface area (Å²) in [4.78, 5) is 11.7. The average molecular weight is 196 g/mol. The lowest BCUT2D eigenvalue weighted by Gasteiger charge is -2.13. The van der Waals surface area contributed by atoms with Crippen molar-refractivity contribution in [2.45, 2.75) is 20.3 Å². The molecule has 4 unspecified atom stereocenters. The third kappa shape index (κ3) is 2.08. The van der Waals surface area contributed by atoms with E-state index in [9.17, 15) is 4.79 Å². The van der Waals surface area contributed by atoms with Gasteiger partial charge in [-0.1, -0.05) is 13.8 Å². The third-order valence-corrected chi connectivity index (χ3v) is 3.67. The maximum absolute atomic E-state index is 11.7. The van der Waals surface area contributed by atoms with Gasteiger partial charge in [0.05, 0.1) is 5.92 Å². The molecular formula is C11H20N2O. The van der Waals surface area contributed by atoms with E-state index in [1.807, 2.05) is 0 Å². The molecule has 1 aliphatic heterocycles. The molecule has 3 nitrogen and oxygen atoms in total. The average Bonchev–Trinajstić information content (AvgIpc) is 2.67. The van der Waals surface area contributed by atoms with E-state index >= 15 is 0 Å². The Morgan fingerprint density at radius 2 is 2.07 bits per heavy atom. The molecule has 2 N–H and O–H groups in total. The first-order valence-corrected chi connectivity index (χ1v) is 5.67. The first-order chi connectivity index (χ1) is 6.68. The molecule has 0 aromatic heterocycles. The fourth-order valence-electron chi connectivity index (χ4n) is 2.21. The fourth-order valence-corrected chi connectivity index (χ4v) is 2.21. The molecular weight excluding hydrogens is 176 g/mol. The number of hydrogen-bond donors (Lipinski definition) is 2. The number of amides is 1. The van der Waals surface area contributed by atoms with Crippen molar-refractivity contribution in [3.63, 3.8) is 0 Å². The van der Waals surface area contributed by atoms with Crippen LogP contribution in [-0.2, 0) is 4.79 Å². The molecule has 1 heterocycles. The minimum Gasteiger partial charge on any atom is -0.356 e. The van der Waals surface area contributed by atoms with Gasteiger partial charge in [-0.15, -0.1) is 0 Å². The molecule has 1 amide bonds. The summed E-state index contributed by atoms with van der Waals surface area (Å²) < 4.78 is 0. The van der Waals surface area contributed by atoms with Crippen LogP contribution in [0.2, 0.25) is 0 Å². The van der Waals surface area contributed by atoms with E-state index in [0.29, 0.717) is 5.92 Å². The number of hydrogen-bond acceptors (Lipinski definition) is 2. The van der Waals surface area contributed by atoms with Crippen LogP contribution in [0.1, 0.15) is 20.3 Å². The summed E-state index contributed by atoms with van der Waals surface area (Å²) in [5, 5.41) is 6.32. The Balaban J connectivity index is 1.72. The van der Waals surface area contributed by atoms with Gasteiger partial charge in [-0.05, 0) is 30.7 Å². The van der Waals surface area contributed by atoms with Crippen molar-refractivity contribution in [3.05, 3.63) is 0 Å². The summed E-state index contributed by atoms with van der Waals surface area (Å²) in [6, 6.07) is 0. The SMILES string of the molecule is CC1CC1CNC(=O)C1CNCC1C. The van der Waals surface area contributed by atoms with Crippen molar-refractivity contribution in [1.29, 1.82) is 0 Å². The van der Waals surface area contributed by atoms with Crippen LogP contribution in [0.5, 0.6) is 0 Å². The van der Waals surface area contributed by atoms with Crippen molar-refractivity contribution >= 4 is 5.91 Å². The molecule has 14 heavy (non-hydrogen) atoms. The minimum atomic E-state index is 0.198. The van der Waals surface area contributed by atoms with Gasteiger partial charge >= 0.3 is 0 Å². The van der Waals surface area contributed by atoms with E-state index in [-0.39, 0.29) is 11.8 Å². The van der Waals surface area contributed by atoms with Gasteiger partial charge in [0, 0.05) is 13.1 Å². The minimum absolute atomic E-state index is 0.198. The molecule has 0 aromatic rings. The third-order valence-electron chi connectivity index (χ3n) is 3.67. The Kier molecular flexibility index (Phi) is 2.77. The van der Waals surface area contributed by atoms with Gasteiger partial charge in [-0.2, -0.15) is 0 Å². The second-order valence-electron chi connectivity index (χ2n) is 4.96. The van der Waals surface area contributed by atoms with Crippen LogP contribution in [0.15, 0.2) is 0 Å². The second kappa shape index (κ2) is 3.89. The lowest BCUT2D eigenvalue weighted by molar-refractivity contribution is -0.125. The summed E-state index contributed by atoms with van der Waals surface area (Å²) in [5.41, 5.74) is 0. The number of carbonyl (C=O) groups excluding carboxylic acids is 1. The fraction of sp³-hybridized carbons (Fsp3) is 0.909. The molecule has 2 fully saturated rings. The summed E-state index contributed by atoms with van der Waals surface area (Å²) >= 11 is 0. The zero-order valence-electron chi connectivity index (χ0n) is 9.05. The van der Waals surface area contributed by atoms with E-state index in [4.69, 9.17) is 0 Å². The molecule has 2 aliphatic rings. The second-order valence-corrected chi connectivity index (χ2v) is 4.96. The zero-order valence-corrected chi connectivity index (χ0v) is 9.05. The first kappa shape index (κ1) is 9.97. The maximum Gasteiger partial charge on any atom is 0.224 e. The van der Waals surface area contributed by atoms with Crippen LogP contribution in [0, 0.1) is 23.7 Å². The highest BCUT2D eigenvalue weighted by molar-refractivity contribution is 5.79. The van der Waals surface area contributed by atoms with E-state index in [0.717, 1.165) is 31.5 Å². The van der Waals surface area contributed by atoms with E-state index in [1.54, 1.807) is 0 Å². The number of carbonyl (C=O) groups is 1. The molecule has 2 rings (SSSR count). The summed E-state index contributed by atoms with van der Waals surface area (Å²) in [5.74, 6) is 2.52. The van der Waals surface area contributed by atoms with Crippen LogP contribution in [-0.4, -0.2) is 25.5 Å². The molecule has 1 saturated carbocycles. The number of nitrogens with one attached hydrogen (secondary N) is 2. The number of rotatable bonds is 3. The quantitative estimate of drug-likeness (QED) is 0.694. The van der Waals surface area contributed by atoms with Gasteiger partial charge in [-0.3, -0.25) is 4.79 Å². The smallest absolute Gasteiger partial charge is 0.224 e. The lowest BCUT2D eigenvalue weighted by Crippen LogP contribution is -2.35. The molecule has 0 radical (unpaired) electrons. The van der Waals surface area contributed by atoms with Crippen molar-refractivity contribution in [1.82, 2.24) is 10.6 Å². The Labute approximate surface area is 85.6 Å². The monoisotopic (exact) mass is 196 g/mol. The van der Waals surface area contributed by atoms with Crippen molar-refractivity contribution < 1.29 is 4.79 Å². The molecule has 0 bridgehead atoms. The Morgan fingerprint density at radius 3 is 2.57 bits per heavy atom. The van der Waals surface area contributed by atoms with E-state index < -0.39 is 0 Å². The van der Waals surface area contributed by atoms with Gasteiger partial charge in [-0.25, -0.2) is 0 Å². The molecule has 1 saturated heterocycles. The Bertz CT molecular complexity index is 229. The normalized spacial score (nSPS) is 41.0. The summed E-state index contributed by atoms with van der Waals surface area (Å²) in [6.07, 6.45) is 1.29. The largest absolute Gasteiger partial charge is 0.356 e. The Hall–Kier alpha value is -0.570. The zero-order chi connectivity index (χ0) is 10.1. The van der Waals surface area contributed by atoms with Gasteiger partial charge in [0.25, 0.3) is 0 Å². The van der Waals surface area contributed by atoms with Crippen LogP contribution < -0.4 is 10.6 Å². The predicted octanol–water partition coefficient (Wildman–Crippen LogP) is 0.614. The highest BCUT2D eigenvalue weighted by Gasteiger charge is 2.34. The van der Waals surface area contributed by atoms with Gasteiger partial charge in [0.15, 0.2) is 0 Å². The Morgan fingerprint density at radius 1 is 1.36 bits per heavy atom.